The van der Waals surface area contributed by atoms with Gasteiger partial charge < -0.3 is 10.1 Å². The summed E-state index contributed by atoms with van der Waals surface area (Å²) in [6.45, 7) is 0. The first-order valence-electron chi connectivity index (χ1n) is 6.35. The number of halogens is 1. The van der Waals surface area contributed by atoms with Crippen LogP contribution in [0.1, 0.15) is 37.2 Å². The molecule has 0 aromatic heterocycles. The predicted molar refractivity (Wildman–Crippen MR) is 64.9 cm³/mol. The molecule has 2 aliphatic heterocycles. The van der Waals surface area contributed by atoms with Crippen molar-refractivity contribution in [1.82, 2.24) is 5.32 Å². The molecule has 1 unspecified atom stereocenters. The molecule has 2 heterocycles. The van der Waals surface area contributed by atoms with Gasteiger partial charge in [-0.2, -0.15) is 0 Å². The molecule has 0 aliphatic carbocycles. The Morgan fingerprint density at radius 2 is 1.88 bits per heavy atom. The number of hydrogen-bond acceptors (Lipinski definition) is 2. The normalized spacial score (nSPS) is 31.5. The van der Waals surface area contributed by atoms with Gasteiger partial charge in [-0.1, -0.05) is 0 Å². The smallest absolute Gasteiger partial charge is 0.127 e. The minimum atomic E-state index is -0.190. The van der Waals surface area contributed by atoms with Gasteiger partial charge in [0.1, 0.15) is 11.6 Å². The van der Waals surface area contributed by atoms with Crippen LogP contribution in [0.3, 0.4) is 0 Å². The number of hydrogen-bond donors (Lipinski definition) is 1. The number of ether oxygens (including phenoxy) is 1. The van der Waals surface area contributed by atoms with Crippen LogP contribution in [0.15, 0.2) is 18.2 Å². The number of fused-ring (bicyclic) bond motifs is 2. The first-order chi connectivity index (χ1) is 8.24. The summed E-state index contributed by atoms with van der Waals surface area (Å²) in [5, 5.41) is 3.61. The van der Waals surface area contributed by atoms with Crippen molar-refractivity contribution in [3.63, 3.8) is 0 Å². The van der Waals surface area contributed by atoms with Crippen molar-refractivity contribution in [2.24, 2.45) is 0 Å². The lowest BCUT2D eigenvalue weighted by molar-refractivity contribution is 0.360. The van der Waals surface area contributed by atoms with E-state index in [2.05, 4.69) is 5.32 Å². The minimum absolute atomic E-state index is 0.190. The zero-order valence-electron chi connectivity index (χ0n) is 10.1. The van der Waals surface area contributed by atoms with Crippen molar-refractivity contribution in [1.29, 1.82) is 0 Å². The molecule has 2 fully saturated rings. The monoisotopic (exact) mass is 235 g/mol. The van der Waals surface area contributed by atoms with E-state index in [4.69, 9.17) is 4.74 Å². The molecular formula is C14H18FNO. The van der Waals surface area contributed by atoms with Crippen molar-refractivity contribution in [3.05, 3.63) is 29.6 Å². The molecule has 92 valence electrons. The maximum atomic E-state index is 13.5. The molecule has 2 nitrogen and oxygen atoms in total. The second-order valence-electron chi connectivity index (χ2n) is 5.23. The van der Waals surface area contributed by atoms with Crippen molar-refractivity contribution in [3.8, 4) is 5.75 Å². The Morgan fingerprint density at radius 1 is 1.18 bits per heavy atom. The van der Waals surface area contributed by atoms with Gasteiger partial charge in [-0.15, -0.1) is 0 Å². The molecule has 2 bridgehead atoms. The van der Waals surface area contributed by atoms with Gasteiger partial charge in [0.2, 0.25) is 0 Å². The van der Waals surface area contributed by atoms with Crippen LogP contribution >= 0.6 is 0 Å². The summed E-state index contributed by atoms with van der Waals surface area (Å²) in [7, 11) is 1.59. The largest absolute Gasteiger partial charge is 0.497 e. The average Bonchev–Trinajstić information content (AvgIpc) is 2.67. The summed E-state index contributed by atoms with van der Waals surface area (Å²) in [6, 6.07) is 6.36. The van der Waals surface area contributed by atoms with E-state index in [1.807, 2.05) is 6.07 Å². The van der Waals surface area contributed by atoms with Crippen molar-refractivity contribution < 1.29 is 9.13 Å². The molecule has 2 saturated heterocycles. The van der Waals surface area contributed by atoms with Gasteiger partial charge in [0, 0.05) is 18.2 Å². The van der Waals surface area contributed by atoms with E-state index in [1.54, 1.807) is 13.2 Å². The second-order valence-corrected chi connectivity index (χ2v) is 5.23. The number of methoxy groups -OCH3 is 1. The van der Waals surface area contributed by atoms with Gasteiger partial charge in [0.15, 0.2) is 0 Å². The highest BCUT2D eigenvalue weighted by molar-refractivity contribution is 5.32. The maximum Gasteiger partial charge on any atom is 0.127 e. The summed E-state index contributed by atoms with van der Waals surface area (Å²) in [5.74, 6) is 0.925. The average molecular weight is 235 g/mol. The minimum Gasteiger partial charge on any atom is -0.497 e. The van der Waals surface area contributed by atoms with Gasteiger partial charge in [-0.3, -0.25) is 0 Å². The van der Waals surface area contributed by atoms with Crippen molar-refractivity contribution >= 4 is 0 Å². The highest BCUT2D eigenvalue weighted by Gasteiger charge is 2.34. The highest BCUT2D eigenvalue weighted by Crippen LogP contribution is 2.38. The molecule has 1 aromatic rings. The Hall–Kier alpha value is -1.09. The van der Waals surface area contributed by atoms with Gasteiger partial charge >= 0.3 is 0 Å². The maximum absolute atomic E-state index is 13.5. The SMILES string of the molecule is COc1cc(F)cc(C2C[C@H]3CC[C@@H](C2)N3)c1. The second kappa shape index (κ2) is 4.30. The van der Waals surface area contributed by atoms with E-state index >= 15 is 0 Å². The molecule has 3 heteroatoms. The molecule has 0 saturated carbocycles. The van der Waals surface area contributed by atoms with Crippen LogP contribution in [0, 0.1) is 5.82 Å². The van der Waals surface area contributed by atoms with Gasteiger partial charge in [0.25, 0.3) is 0 Å². The van der Waals surface area contributed by atoms with Gasteiger partial charge in [-0.05, 0) is 49.3 Å². The lowest BCUT2D eigenvalue weighted by Gasteiger charge is -2.29. The van der Waals surface area contributed by atoms with Crippen LogP contribution in [0.5, 0.6) is 5.75 Å². The molecule has 1 N–H and O–H groups in total. The Balaban J connectivity index is 1.86. The van der Waals surface area contributed by atoms with Crippen LogP contribution in [0.25, 0.3) is 0 Å². The van der Waals surface area contributed by atoms with Crippen LogP contribution < -0.4 is 10.1 Å². The molecule has 0 amide bonds. The van der Waals surface area contributed by atoms with Crippen LogP contribution in [-0.4, -0.2) is 19.2 Å². The molecule has 3 rings (SSSR count). The highest BCUT2D eigenvalue weighted by atomic mass is 19.1. The zero-order chi connectivity index (χ0) is 11.8. The number of rotatable bonds is 2. The number of benzene rings is 1. The lowest BCUT2D eigenvalue weighted by Crippen LogP contribution is -2.37. The fraction of sp³-hybridized carbons (Fsp3) is 0.571. The topological polar surface area (TPSA) is 21.3 Å². The summed E-state index contributed by atoms with van der Waals surface area (Å²) in [5.41, 5.74) is 1.10. The zero-order valence-corrected chi connectivity index (χ0v) is 10.1. The molecule has 17 heavy (non-hydrogen) atoms. The van der Waals surface area contributed by atoms with E-state index < -0.39 is 0 Å². The summed E-state index contributed by atoms with van der Waals surface area (Å²) in [4.78, 5) is 0. The van der Waals surface area contributed by atoms with E-state index in [9.17, 15) is 4.39 Å². The Bertz CT molecular complexity index is 409. The molecule has 0 spiro atoms. The standard InChI is InChI=1S/C14H18FNO/c1-17-14-7-9(4-11(15)8-14)10-5-12-2-3-13(6-10)16-12/h4,7-8,10,12-13,16H,2-3,5-6H2,1H3/t10?,12-,13+. The van der Waals surface area contributed by atoms with Gasteiger partial charge in [0.05, 0.1) is 7.11 Å². The van der Waals surface area contributed by atoms with Crippen molar-refractivity contribution in [2.45, 2.75) is 43.7 Å². The first kappa shape index (κ1) is 11.0. The molecule has 2 aliphatic rings. The third-order valence-electron chi connectivity index (χ3n) is 4.07. The summed E-state index contributed by atoms with van der Waals surface area (Å²) < 4.78 is 18.6. The fourth-order valence-corrected chi connectivity index (χ4v) is 3.27. The summed E-state index contributed by atoms with van der Waals surface area (Å²) >= 11 is 0. The third kappa shape index (κ3) is 2.16. The number of piperidine rings is 1. The van der Waals surface area contributed by atoms with E-state index in [0.29, 0.717) is 23.8 Å². The Labute approximate surface area is 101 Å². The van der Waals surface area contributed by atoms with Crippen molar-refractivity contribution in [2.75, 3.05) is 7.11 Å². The summed E-state index contributed by atoms with van der Waals surface area (Å²) in [6.07, 6.45) is 4.80. The lowest BCUT2D eigenvalue weighted by atomic mass is 9.86. The fourth-order valence-electron chi connectivity index (χ4n) is 3.27. The molecule has 1 aromatic carbocycles. The van der Waals surface area contributed by atoms with E-state index in [0.717, 1.165) is 18.4 Å². The molecule has 0 radical (unpaired) electrons. The van der Waals surface area contributed by atoms with Crippen LogP contribution in [0.4, 0.5) is 4.39 Å². The van der Waals surface area contributed by atoms with Crippen LogP contribution in [-0.2, 0) is 0 Å². The van der Waals surface area contributed by atoms with Gasteiger partial charge in [-0.25, -0.2) is 4.39 Å². The number of nitrogens with one attached hydrogen (secondary N) is 1. The first-order valence-corrected chi connectivity index (χ1v) is 6.35. The van der Waals surface area contributed by atoms with Crippen LogP contribution in [0.2, 0.25) is 0 Å². The quantitative estimate of drug-likeness (QED) is 0.851. The molecule has 3 atom stereocenters. The third-order valence-corrected chi connectivity index (χ3v) is 4.07. The Kier molecular flexibility index (Phi) is 2.79. The van der Waals surface area contributed by atoms with E-state index in [-0.39, 0.29) is 5.82 Å². The Morgan fingerprint density at radius 3 is 2.53 bits per heavy atom. The van der Waals surface area contributed by atoms with E-state index in [1.165, 1.54) is 18.9 Å². The molecular weight excluding hydrogens is 217 g/mol. The predicted octanol–water partition coefficient (Wildman–Crippen LogP) is 2.83.